The lowest BCUT2D eigenvalue weighted by Crippen LogP contribution is -2.14. The number of methoxy groups -OCH3 is 1. The number of rotatable bonds is 5. The Kier molecular flexibility index (Phi) is 3.12. The number of benzene rings is 1. The van der Waals surface area contributed by atoms with E-state index in [1.165, 1.54) is 11.8 Å². The van der Waals surface area contributed by atoms with Gasteiger partial charge in [-0.1, -0.05) is 11.8 Å². The lowest BCUT2D eigenvalue weighted by atomic mass is 10.2. The molecule has 5 nitrogen and oxygen atoms in total. The van der Waals surface area contributed by atoms with E-state index in [0.717, 1.165) is 34.8 Å². The molecule has 0 bridgehead atoms. The predicted octanol–water partition coefficient (Wildman–Crippen LogP) is 2.73. The maximum Gasteiger partial charge on any atom is 0.313 e. The number of hydrogen-bond acceptors (Lipinski definition) is 4. The normalized spacial score (nSPS) is 16.3. The standard InChI is InChI=1S/C14H16N2O3S/c1-14(5-6-14)16-11-4-3-9(19-2)7-10(11)15-13(16)20-8-12(17)18/h3-4,7H,5-6,8H2,1-2H3,(H,17,18). The number of aromatic nitrogens is 2. The first-order chi connectivity index (χ1) is 9.53. The van der Waals surface area contributed by atoms with Crippen molar-refractivity contribution in [2.24, 2.45) is 0 Å². The van der Waals surface area contributed by atoms with Crippen molar-refractivity contribution in [1.82, 2.24) is 9.55 Å². The van der Waals surface area contributed by atoms with Crippen molar-refractivity contribution in [3.05, 3.63) is 18.2 Å². The zero-order chi connectivity index (χ0) is 14.3. The molecule has 3 rings (SSSR count). The van der Waals surface area contributed by atoms with Crippen molar-refractivity contribution >= 4 is 28.8 Å². The van der Waals surface area contributed by atoms with Gasteiger partial charge in [0, 0.05) is 11.6 Å². The van der Waals surface area contributed by atoms with E-state index in [1.54, 1.807) is 7.11 Å². The van der Waals surface area contributed by atoms with E-state index in [0.29, 0.717) is 0 Å². The first-order valence-corrected chi connectivity index (χ1v) is 7.44. The van der Waals surface area contributed by atoms with Crippen molar-refractivity contribution in [1.29, 1.82) is 0 Å². The third-order valence-electron chi connectivity index (χ3n) is 3.67. The second-order valence-corrected chi connectivity index (χ2v) is 6.21. The molecule has 2 aromatic rings. The summed E-state index contributed by atoms with van der Waals surface area (Å²) >= 11 is 1.27. The molecule has 0 spiro atoms. The zero-order valence-electron chi connectivity index (χ0n) is 11.4. The van der Waals surface area contributed by atoms with Crippen LogP contribution < -0.4 is 4.74 Å². The van der Waals surface area contributed by atoms with E-state index < -0.39 is 5.97 Å². The van der Waals surface area contributed by atoms with Gasteiger partial charge in [-0.05, 0) is 31.9 Å². The summed E-state index contributed by atoms with van der Waals surface area (Å²) in [5.41, 5.74) is 1.97. The van der Waals surface area contributed by atoms with Crippen LogP contribution in [0, 0.1) is 0 Å². The van der Waals surface area contributed by atoms with Gasteiger partial charge in [0.25, 0.3) is 0 Å². The first-order valence-electron chi connectivity index (χ1n) is 6.45. The molecule has 1 N–H and O–H groups in total. The number of nitrogens with zero attached hydrogens (tertiary/aromatic N) is 2. The third kappa shape index (κ3) is 2.24. The van der Waals surface area contributed by atoms with Gasteiger partial charge in [0.2, 0.25) is 0 Å². The summed E-state index contributed by atoms with van der Waals surface area (Å²) in [4.78, 5) is 15.4. The topological polar surface area (TPSA) is 64.3 Å². The average molecular weight is 292 g/mol. The number of aliphatic carboxylic acids is 1. The van der Waals surface area contributed by atoms with Crippen molar-refractivity contribution in [3.63, 3.8) is 0 Å². The van der Waals surface area contributed by atoms with Gasteiger partial charge < -0.3 is 14.4 Å². The van der Waals surface area contributed by atoms with Crippen LogP contribution in [0.5, 0.6) is 5.75 Å². The monoisotopic (exact) mass is 292 g/mol. The molecule has 1 aliphatic rings. The van der Waals surface area contributed by atoms with Crippen LogP contribution in [0.25, 0.3) is 11.0 Å². The molecule has 106 valence electrons. The Hall–Kier alpha value is -1.69. The molecule has 1 aromatic carbocycles. The minimum atomic E-state index is -0.827. The Labute approximate surface area is 120 Å². The van der Waals surface area contributed by atoms with Gasteiger partial charge in [-0.2, -0.15) is 0 Å². The molecule has 0 atom stereocenters. The van der Waals surface area contributed by atoms with E-state index in [9.17, 15) is 4.79 Å². The van der Waals surface area contributed by atoms with Crippen molar-refractivity contribution in [2.45, 2.75) is 30.5 Å². The number of imidazole rings is 1. The lowest BCUT2D eigenvalue weighted by molar-refractivity contribution is -0.133. The van der Waals surface area contributed by atoms with Crippen LogP contribution in [0.2, 0.25) is 0 Å². The highest BCUT2D eigenvalue weighted by atomic mass is 32.2. The molecule has 0 unspecified atom stereocenters. The highest BCUT2D eigenvalue weighted by molar-refractivity contribution is 7.99. The Morgan fingerprint density at radius 1 is 1.55 bits per heavy atom. The maximum atomic E-state index is 10.8. The summed E-state index contributed by atoms with van der Waals surface area (Å²) in [7, 11) is 1.63. The van der Waals surface area contributed by atoms with Gasteiger partial charge in [-0.3, -0.25) is 4.79 Å². The molecule has 20 heavy (non-hydrogen) atoms. The summed E-state index contributed by atoms with van der Waals surface area (Å²) < 4.78 is 7.40. The number of fused-ring (bicyclic) bond motifs is 1. The maximum absolute atomic E-state index is 10.8. The van der Waals surface area contributed by atoms with Gasteiger partial charge in [-0.25, -0.2) is 4.98 Å². The fourth-order valence-corrected chi connectivity index (χ4v) is 3.18. The number of thioether (sulfide) groups is 1. The summed E-state index contributed by atoms with van der Waals surface area (Å²) in [5.74, 6) is -0.0405. The number of carboxylic acid groups (broad SMARTS) is 1. The Bertz CT molecular complexity index is 676. The van der Waals surface area contributed by atoms with Crippen molar-refractivity contribution in [2.75, 3.05) is 12.9 Å². The molecule has 1 saturated carbocycles. The molecule has 1 fully saturated rings. The van der Waals surface area contributed by atoms with Crippen LogP contribution in [-0.2, 0) is 10.3 Å². The molecule has 0 saturated heterocycles. The van der Waals surface area contributed by atoms with Gasteiger partial charge in [-0.15, -0.1) is 0 Å². The Morgan fingerprint density at radius 3 is 2.90 bits per heavy atom. The minimum Gasteiger partial charge on any atom is -0.497 e. The van der Waals surface area contributed by atoms with E-state index in [1.807, 2.05) is 18.2 Å². The van der Waals surface area contributed by atoms with Crippen LogP contribution in [0.4, 0.5) is 0 Å². The van der Waals surface area contributed by atoms with Gasteiger partial charge in [0.1, 0.15) is 5.75 Å². The van der Waals surface area contributed by atoms with Crippen LogP contribution in [0.3, 0.4) is 0 Å². The zero-order valence-corrected chi connectivity index (χ0v) is 12.2. The minimum absolute atomic E-state index is 0.0243. The van der Waals surface area contributed by atoms with Crippen LogP contribution >= 0.6 is 11.8 Å². The van der Waals surface area contributed by atoms with Crippen molar-refractivity contribution < 1.29 is 14.6 Å². The lowest BCUT2D eigenvalue weighted by Gasteiger charge is -2.15. The molecule has 1 aromatic heterocycles. The summed E-state index contributed by atoms with van der Waals surface area (Å²) in [6, 6.07) is 5.80. The van der Waals surface area contributed by atoms with Gasteiger partial charge in [0.05, 0.1) is 23.9 Å². The van der Waals surface area contributed by atoms with Crippen molar-refractivity contribution in [3.8, 4) is 5.75 Å². The fourth-order valence-electron chi connectivity index (χ4n) is 2.31. The largest absolute Gasteiger partial charge is 0.497 e. The molecule has 1 aliphatic carbocycles. The molecule has 1 heterocycles. The molecular weight excluding hydrogens is 276 g/mol. The number of carbonyl (C=O) groups is 1. The first kappa shape index (κ1) is 13.3. The molecule has 0 radical (unpaired) electrons. The quantitative estimate of drug-likeness (QED) is 0.858. The van der Waals surface area contributed by atoms with E-state index in [2.05, 4.69) is 16.5 Å². The molecule has 6 heteroatoms. The molecule has 0 amide bonds. The van der Waals surface area contributed by atoms with Crippen LogP contribution in [-0.4, -0.2) is 33.5 Å². The van der Waals surface area contributed by atoms with E-state index in [4.69, 9.17) is 9.84 Å². The van der Waals surface area contributed by atoms with Crippen LogP contribution in [0.15, 0.2) is 23.4 Å². The molecular formula is C14H16N2O3S. The van der Waals surface area contributed by atoms with Gasteiger partial charge in [0.15, 0.2) is 5.16 Å². The van der Waals surface area contributed by atoms with Crippen LogP contribution in [0.1, 0.15) is 19.8 Å². The van der Waals surface area contributed by atoms with E-state index >= 15 is 0 Å². The SMILES string of the molecule is COc1ccc2c(c1)nc(SCC(=O)O)n2C1(C)CC1. The average Bonchev–Trinajstić information content (AvgIpc) is 3.04. The number of hydrogen-bond donors (Lipinski definition) is 1. The summed E-state index contributed by atoms with van der Waals surface area (Å²) in [5, 5.41) is 9.64. The summed E-state index contributed by atoms with van der Waals surface area (Å²) in [6.07, 6.45) is 2.20. The predicted molar refractivity (Wildman–Crippen MR) is 77.5 cm³/mol. The molecule has 0 aliphatic heterocycles. The number of carboxylic acids is 1. The summed E-state index contributed by atoms with van der Waals surface area (Å²) in [6.45, 7) is 2.18. The highest BCUT2D eigenvalue weighted by Gasteiger charge is 2.42. The van der Waals surface area contributed by atoms with Gasteiger partial charge >= 0.3 is 5.97 Å². The smallest absolute Gasteiger partial charge is 0.313 e. The number of ether oxygens (including phenoxy) is 1. The second kappa shape index (κ2) is 4.70. The third-order valence-corrected chi connectivity index (χ3v) is 4.59. The second-order valence-electron chi connectivity index (χ2n) is 5.26. The van der Waals surface area contributed by atoms with E-state index in [-0.39, 0.29) is 11.3 Å². The Balaban J connectivity index is 2.09. The fraction of sp³-hybridized carbons (Fsp3) is 0.429. The Morgan fingerprint density at radius 2 is 2.30 bits per heavy atom. The highest BCUT2D eigenvalue weighted by Crippen LogP contribution is 2.47.